The van der Waals surface area contributed by atoms with E-state index in [-0.39, 0.29) is 0 Å². The molecule has 0 fully saturated rings. The van der Waals surface area contributed by atoms with E-state index in [1.165, 1.54) is 6.20 Å². The first-order valence-corrected chi connectivity index (χ1v) is 3.18. The molecule has 2 aromatic rings. The van der Waals surface area contributed by atoms with Crippen molar-refractivity contribution in [3.63, 3.8) is 0 Å². The smallest absolute Gasteiger partial charge is 0.223 e. The Morgan fingerprint density at radius 1 is 1.45 bits per heavy atom. The Morgan fingerprint density at radius 3 is 2.91 bits per heavy atom. The summed E-state index contributed by atoms with van der Waals surface area (Å²) < 4.78 is 0. The molecule has 0 bridgehead atoms. The van der Waals surface area contributed by atoms with Crippen molar-refractivity contribution in [2.24, 2.45) is 0 Å². The summed E-state index contributed by atoms with van der Waals surface area (Å²) in [4.78, 5) is 0. The van der Waals surface area contributed by atoms with E-state index in [1.807, 2.05) is 0 Å². The quantitative estimate of drug-likeness (QED) is 0.643. The lowest BCUT2D eigenvalue weighted by atomic mass is 10.4. The predicted molar refractivity (Wildman–Crippen MR) is 36.8 cm³/mol. The molecule has 2 rings (SSSR count). The fourth-order valence-corrected chi connectivity index (χ4v) is 0.872. The van der Waals surface area contributed by atoms with Crippen LogP contribution in [0.3, 0.4) is 0 Å². The van der Waals surface area contributed by atoms with Crippen molar-refractivity contribution in [3.05, 3.63) is 11.2 Å². The number of hydrogen-bond donors (Lipinski definition) is 2. The molecule has 0 unspecified atom stereocenters. The van der Waals surface area contributed by atoms with Crippen LogP contribution < -0.4 is 0 Å². The lowest BCUT2D eigenvalue weighted by Crippen LogP contribution is -1.81. The molecule has 0 atom stereocenters. The molecule has 2 heterocycles. The molecule has 0 saturated carbocycles. The monoisotopic (exact) mass is 170 g/mol. The minimum atomic E-state index is 0.410. The number of halogens is 1. The van der Waals surface area contributed by atoms with Crippen LogP contribution in [0.2, 0.25) is 5.02 Å². The molecule has 0 amide bonds. The van der Waals surface area contributed by atoms with Crippen LogP contribution >= 0.6 is 11.6 Å². The lowest BCUT2D eigenvalue weighted by molar-refractivity contribution is 0.881. The number of nitrogens with zero attached hydrogens (tertiary/aromatic N) is 4. The maximum Gasteiger partial charge on any atom is 0.223 e. The van der Waals surface area contributed by atoms with Gasteiger partial charge < -0.3 is 0 Å². The van der Waals surface area contributed by atoms with Crippen LogP contribution in [0.1, 0.15) is 0 Å². The Kier molecular flexibility index (Phi) is 1.32. The molecule has 0 radical (unpaired) electrons. The summed E-state index contributed by atoms with van der Waals surface area (Å²) in [6.45, 7) is 0. The summed E-state index contributed by atoms with van der Waals surface area (Å²) in [6.07, 6.45) is 1.48. The maximum absolute atomic E-state index is 5.72. The fraction of sp³-hybridized carbons (Fsp3) is 0. The van der Waals surface area contributed by atoms with Crippen LogP contribution in [0.4, 0.5) is 0 Å². The molecular formula is C4H3ClN6. The molecular weight excluding hydrogens is 168 g/mol. The molecule has 0 aromatic carbocycles. The van der Waals surface area contributed by atoms with Gasteiger partial charge in [-0.1, -0.05) is 11.6 Å². The van der Waals surface area contributed by atoms with Crippen LogP contribution in [0.25, 0.3) is 11.5 Å². The normalized spacial score (nSPS) is 10.3. The van der Waals surface area contributed by atoms with E-state index < -0.39 is 0 Å². The third kappa shape index (κ3) is 0.966. The van der Waals surface area contributed by atoms with Gasteiger partial charge in [-0.15, -0.1) is 10.2 Å². The first-order chi connectivity index (χ1) is 5.38. The summed E-state index contributed by atoms with van der Waals surface area (Å²) in [5.74, 6) is 0.410. The zero-order chi connectivity index (χ0) is 7.68. The van der Waals surface area contributed by atoms with Gasteiger partial charge in [0.25, 0.3) is 0 Å². The highest BCUT2D eigenvalue weighted by Crippen LogP contribution is 2.19. The average molecular weight is 171 g/mol. The van der Waals surface area contributed by atoms with Gasteiger partial charge in [0, 0.05) is 0 Å². The first-order valence-electron chi connectivity index (χ1n) is 2.80. The molecule has 0 aliphatic rings. The van der Waals surface area contributed by atoms with E-state index in [2.05, 4.69) is 30.8 Å². The van der Waals surface area contributed by atoms with Crippen molar-refractivity contribution in [2.75, 3.05) is 0 Å². The largest absolute Gasteiger partial charge is 0.273 e. The Bertz CT molecular complexity index is 337. The molecule has 6 nitrogen and oxygen atoms in total. The molecule has 0 aliphatic heterocycles. The topological polar surface area (TPSA) is 83.1 Å². The molecule has 7 heteroatoms. The molecule has 0 aliphatic carbocycles. The Hall–Kier alpha value is -1.43. The summed E-state index contributed by atoms with van der Waals surface area (Å²) >= 11 is 5.72. The van der Waals surface area contributed by atoms with Gasteiger partial charge in [0.1, 0.15) is 5.69 Å². The van der Waals surface area contributed by atoms with Crippen molar-refractivity contribution in [1.29, 1.82) is 0 Å². The summed E-state index contributed by atoms with van der Waals surface area (Å²) in [6, 6.07) is 0. The van der Waals surface area contributed by atoms with Crippen LogP contribution in [-0.2, 0) is 0 Å². The minimum Gasteiger partial charge on any atom is -0.273 e. The zero-order valence-corrected chi connectivity index (χ0v) is 6.00. The minimum absolute atomic E-state index is 0.410. The predicted octanol–water partition coefficient (Wildman–Crippen LogP) is 0.243. The zero-order valence-electron chi connectivity index (χ0n) is 5.24. The van der Waals surface area contributed by atoms with Gasteiger partial charge in [0.15, 0.2) is 0 Å². The van der Waals surface area contributed by atoms with Crippen molar-refractivity contribution >= 4 is 11.6 Å². The number of hydrogen-bond acceptors (Lipinski definition) is 4. The second kappa shape index (κ2) is 2.31. The molecule has 0 saturated heterocycles. The molecule has 56 valence electrons. The molecule has 0 spiro atoms. The van der Waals surface area contributed by atoms with Crippen molar-refractivity contribution in [1.82, 2.24) is 30.8 Å². The van der Waals surface area contributed by atoms with Crippen LogP contribution in [0, 0.1) is 0 Å². The second-order valence-corrected chi connectivity index (χ2v) is 2.24. The highest BCUT2D eigenvalue weighted by Gasteiger charge is 2.08. The Morgan fingerprint density at radius 2 is 2.36 bits per heavy atom. The Labute approximate surface area is 66.0 Å². The summed E-state index contributed by atoms with van der Waals surface area (Å²) in [5, 5.41) is 19.9. The van der Waals surface area contributed by atoms with Gasteiger partial charge in [-0.25, -0.2) is 0 Å². The highest BCUT2D eigenvalue weighted by molar-refractivity contribution is 6.32. The number of H-pyrrole nitrogens is 2. The third-order valence-electron chi connectivity index (χ3n) is 1.16. The standard InChI is InChI=1S/C4H3ClN6/c5-2-1-6-7-3(2)4-8-10-11-9-4/h1H,(H,6,7)(H,8,9,10,11). The number of tetrazole rings is 1. The van der Waals surface area contributed by atoms with E-state index in [0.29, 0.717) is 16.5 Å². The summed E-state index contributed by atoms with van der Waals surface area (Å²) in [5.41, 5.74) is 0.570. The van der Waals surface area contributed by atoms with E-state index in [4.69, 9.17) is 11.6 Å². The van der Waals surface area contributed by atoms with Gasteiger partial charge in [-0.2, -0.15) is 10.3 Å². The second-order valence-electron chi connectivity index (χ2n) is 1.83. The number of nitrogens with one attached hydrogen (secondary N) is 2. The molecule has 2 aromatic heterocycles. The first kappa shape index (κ1) is 6.29. The number of aromatic nitrogens is 6. The lowest BCUT2D eigenvalue weighted by Gasteiger charge is -1.84. The number of rotatable bonds is 1. The SMILES string of the molecule is Clc1cn[nH]c1-c1nn[nH]n1. The van der Waals surface area contributed by atoms with Gasteiger partial charge >= 0.3 is 0 Å². The maximum atomic E-state index is 5.72. The van der Waals surface area contributed by atoms with Crippen molar-refractivity contribution < 1.29 is 0 Å². The number of aromatic amines is 2. The molecule has 11 heavy (non-hydrogen) atoms. The average Bonchev–Trinajstić information content (AvgIpc) is 2.55. The van der Waals surface area contributed by atoms with E-state index in [0.717, 1.165) is 0 Å². The van der Waals surface area contributed by atoms with Gasteiger partial charge in [-0.05, 0) is 5.21 Å². The van der Waals surface area contributed by atoms with E-state index >= 15 is 0 Å². The van der Waals surface area contributed by atoms with Gasteiger partial charge in [0.05, 0.1) is 11.2 Å². The van der Waals surface area contributed by atoms with E-state index in [1.54, 1.807) is 0 Å². The fourth-order valence-electron chi connectivity index (χ4n) is 0.696. The third-order valence-corrected chi connectivity index (χ3v) is 1.45. The molecule has 2 N–H and O–H groups in total. The van der Waals surface area contributed by atoms with Crippen molar-refractivity contribution in [2.45, 2.75) is 0 Å². The van der Waals surface area contributed by atoms with E-state index in [9.17, 15) is 0 Å². The van der Waals surface area contributed by atoms with Gasteiger partial charge in [-0.3, -0.25) is 5.10 Å². The Balaban J connectivity index is 2.53. The van der Waals surface area contributed by atoms with Gasteiger partial charge in [0.2, 0.25) is 5.82 Å². The van der Waals surface area contributed by atoms with Crippen molar-refractivity contribution in [3.8, 4) is 11.5 Å². The van der Waals surface area contributed by atoms with Crippen LogP contribution in [0.5, 0.6) is 0 Å². The highest BCUT2D eigenvalue weighted by atomic mass is 35.5. The van der Waals surface area contributed by atoms with Crippen LogP contribution in [0.15, 0.2) is 6.20 Å². The summed E-state index contributed by atoms with van der Waals surface area (Å²) in [7, 11) is 0. The van der Waals surface area contributed by atoms with Crippen LogP contribution in [-0.4, -0.2) is 30.8 Å².